The summed E-state index contributed by atoms with van der Waals surface area (Å²) in [6, 6.07) is 0. The van der Waals surface area contributed by atoms with Crippen LogP contribution in [0, 0.1) is 0 Å². The smallest absolute Gasteiger partial charge is 0.254 e. The molecule has 1 aliphatic heterocycles. The summed E-state index contributed by atoms with van der Waals surface area (Å²) in [5.41, 5.74) is 4.09. The van der Waals surface area contributed by atoms with E-state index in [0.717, 1.165) is 0 Å². The van der Waals surface area contributed by atoms with E-state index in [-0.39, 0.29) is 13.2 Å². The van der Waals surface area contributed by atoms with Crippen LogP contribution in [0.3, 0.4) is 0 Å². The molecule has 1 unspecified atom stereocenters. The summed E-state index contributed by atoms with van der Waals surface area (Å²) in [6.07, 6.45) is 0. The van der Waals surface area contributed by atoms with Gasteiger partial charge in [0.25, 0.3) is 5.91 Å². The van der Waals surface area contributed by atoms with Gasteiger partial charge in [0.15, 0.2) is 5.60 Å². The Morgan fingerprint density at radius 2 is 2.42 bits per heavy atom. The molecule has 0 aliphatic carbocycles. The van der Waals surface area contributed by atoms with Gasteiger partial charge in [-0.15, -0.1) is 0 Å². The molecule has 70 valence electrons. The Kier molecular flexibility index (Phi) is 3.02. The molecular formula is C7H13NO4. The van der Waals surface area contributed by atoms with E-state index in [1.165, 1.54) is 7.11 Å². The lowest BCUT2D eigenvalue weighted by Gasteiger charge is -2.33. The number of hydrogen-bond acceptors (Lipinski definition) is 4. The number of carbonyl (C=O) groups is 1. The molecule has 12 heavy (non-hydrogen) atoms. The molecule has 0 aromatic heterocycles. The van der Waals surface area contributed by atoms with Crippen LogP contribution in [-0.2, 0) is 19.0 Å². The van der Waals surface area contributed by atoms with E-state index in [0.29, 0.717) is 13.2 Å². The first kappa shape index (κ1) is 9.44. The summed E-state index contributed by atoms with van der Waals surface area (Å²) in [5, 5.41) is 0. The van der Waals surface area contributed by atoms with Crippen molar-refractivity contribution in [2.75, 3.05) is 33.5 Å². The van der Waals surface area contributed by atoms with Gasteiger partial charge in [0, 0.05) is 7.11 Å². The fourth-order valence-corrected chi connectivity index (χ4v) is 1.10. The molecule has 1 saturated heterocycles. The first-order valence-electron chi connectivity index (χ1n) is 3.72. The largest absolute Gasteiger partial charge is 0.381 e. The molecule has 0 spiro atoms. The fourth-order valence-electron chi connectivity index (χ4n) is 1.10. The van der Waals surface area contributed by atoms with E-state index in [4.69, 9.17) is 19.9 Å². The third-order valence-corrected chi connectivity index (χ3v) is 1.77. The molecule has 1 aliphatic rings. The first-order valence-corrected chi connectivity index (χ1v) is 3.72. The molecular weight excluding hydrogens is 162 g/mol. The standard InChI is InChI=1S/C7H13NO4/c1-10-4-7(6(8)9)5-11-2-3-12-7/h2-5H2,1H3,(H2,8,9). The van der Waals surface area contributed by atoms with Gasteiger partial charge in [0.2, 0.25) is 0 Å². The topological polar surface area (TPSA) is 70.8 Å². The monoisotopic (exact) mass is 175 g/mol. The van der Waals surface area contributed by atoms with Crippen molar-refractivity contribution < 1.29 is 19.0 Å². The Hall–Kier alpha value is -0.650. The maximum Gasteiger partial charge on any atom is 0.254 e. The Morgan fingerprint density at radius 3 is 2.83 bits per heavy atom. The van der Waals surface area contributed by atoms with Crippen molar-refractivity contribution in [3.63, 3.8) is 0 Å². The number of rotatable bonds is 3. The molecule has 1 heterocycles. The van der Waals surface area contributed by atoms with Gasteiger partial charge in [0.1, 0.15) is 0 Å². The molecule has 0 bridgehead atoms. The average Bonchev–Trinajstić information content (AvgIpc) is 2.06. The van der Waals surface area contributed by atoms with E-state index >= 15 is 0 Å². The summed E-state index contributed by atoms with van der Waals surface area (Å²) >= 11 is 0. The van der Waals surface area contributed by atoms with Crippen molar-refractivity contribution in [1.82, 2.24) is 0 Å². The zero-order valence-electron chi connectivity index (χ0n) is 7.04. The SMILES string of the molecule is COCC1(C(N)=O)COCCO1. The Labute approximate surface area is 70.8 Å². The highest BCUT2D eigenvalue weighted by Gasteiger charge is 2.40. The molecule has 1 rings (SSSR count). The minimum atomic E-state index is -1.08. The van der Waals surface area contributed by atoms with E-state index < -0.39 is 11.5 Å². The van der Waals surface area contributed by atoms with Crippen molar-refractivity contribution in [1.29, 1.82) is 0 Å². The predicted molar refractivity (Wildman–Crippen MR) is 40.6 cm³/mol. The highest BCUT2D eigenvalue weighted by molar-refractivity contribution is 5.84. The Balaban J connectivity index is 2.63. The minimum Gasteiger partial charge on any atom is -0.381 e. The number of ether oxygens (including phenoxy) is 3. The quantitative estimate of drug-likeness (QED) is 0.591. The minimum absolute atomic E-state index is 0.141. The number of primary amides is 1. The van der Waals surface area contributed by atoms with Gasteiger partial charge < -0.3 is 19.9 Å². The molecule has 0 radical (unpaired) electrons. The molecule has 5 nitrogen and oxygen atoms in total. The average molecular weight is 175 g/mol. The lowest BCUT2D eigenvalue weighted by atomic mass is 10.1. The molecule has 0 aromatic rings. The first-order chi connectivity index (χ1) is 5.71. The van der Waals surface area contributed by atoms with E-state index in [1.807, 2.05) is 0 Å². The van der Waals surface area contributed by atoms with Crippen LogP contribution in [0.25, 0.3) is 0 Å². The maximum atomic E-state index is 11.0. The zero-order valence-corrected chi connectivity index (χ0v) is 7.04. The normalized spacial score (nSPS) is 30.1. The predicted octanol–water partition coefficient (Wildman–Crippen LogP) is -1.10. The number of amides is 1. The fraction of sp³-hybridized carbons (Fsp3) is 0.857. The molecule has 5 heteroatoms. The number of methoxy groups -OCH3 is 1. The third-order valence-electron chi connectivity index (χ3n) is 1.77. The van der Waals surface area contributed by atoms with Gasteiger partial charge in [-0.05, 0) is 0 Å². The van der Waals surface area contributed by atoms with Crippen LogP contribution < -0.4 is 5.73 Å². The molecule has 2 N–H and O–H groups in total. The van der Waals surface area contributed by atoms with Crippen molar-refractivity contribution in [3.8, 4) is 0 Å². The summed E-state index contributed by atoms with van der Waals surface area (Å²) in [4.78, 5) is 11.0. The Morgan fingerprint density at radius 1 is 1.67 bits per heavy atom. The van der Waals surface area contributed by atoms with Crippen LogP contribution in [0.1, 0.15) is 0 Å². The van der Waals surface area contributed by atoms with Crippen LogP contribution in [-0.4, -0.2) is 45.0 Å². The number of carbonyl (C=O) groups excluding carboxylic acids is 1. The van der Waals surface area contributed by atoms with Gasteiger partial charge >= 0.3 is 0 Å². The van der Waals surface area contributed by atoms with Crippen LogP contribution in [0.2, 0.25) is 0 Å². The summed E-state index contributed by atoms with van der Waals surface area (Å²) < 4.78 is 15.2. The van der Waals surface area contributed by atoms with E-state index in [1.54, 1.807) is 0 Å². The van der Waals surface area contributed by atoms with Crippen molar-refractivity contribution in [2.24, 2.45) is 5.73 Å². The second kappa shape index (κ2) is 3.84. The second-order valence-electron chi connectivity index (χ2n) is 2.69. The third kappa shape index (κ3) is 1.74. The molecule has 0 aromatic carbocycles. The highest BCUT2D eigenvalue weighted by Crippen LogP contribution is 2.15. The maximum absolute atomic E-state index is 11.0. The molecule has 1 amide bonds. The molecule has 1 atom stereocenters. The van der Waals surface area contributed by atoms with Crippen LogP contribution in [0.15, 0.2) is 0 Å². The van der Waals surface area contributed by atoms with Crippen LogP contribution in [0.4, 0.5) is 0 Å². The zero-order chi connectivity index (χ0) is 9.03. The lowest BCUT2D eigenvalue weighted by molar-refractivity contribution is -0.187. The number of nitrogens with two attached hydrogens (primary N) is 1. The molecule has 0 saturated carbocycles. The Bertz CT molecular complexity index is 159. The van der Waals surface area contributed by atoms with E-state index in [2.05, 4.69) is 0 Å². The summed E-state index contributed by atoms with van der Waals surface area (Å²) in [6.45, 7) is 1.20. The van der Waals surface area contributed by atoms with Gasteiger partial charge in [-0.1, -0.05) is 0 Å². The summed E-state index contributed by atoms with van der Waals surface area (Å²) in [5.74, 6) is -0.538. The van der Waals surface area contributed by atoms with Gasteiger partial charge in [-0.3, -0.25) is 4.79 Å². The van der Waals surface area contributed by atoms with Gasteiger partial charge in [-0.25, -0.2) is 0 Å². The van der Waals surface area contributed by atoms with Crippen molar-refractivity contribution in [2.45, 2.75) is 5.60 Å². The van der Waals surface area contributed by atoms with Crippen LogP contribution >= 0.6 is 0 Å². The van der Waals surface area contributed by atoms with Crippen molar-refractivity contribution in [3.05, 3.63) is 0 Å². The van der Waals surface area contributed by atoms with E-state index in [9.17, 15) is 4.79 Å². The van der Waals surface area contributed by atoms with Crippen molar-refractivity contribution >= 4 is 5.91 Å². The van der Waals surface area contributed by atoms with Gasteiger partial charge in [0.05, 0.1) is 26.4 Å². The second-order valence-corrected chi connectivity index (χ2v) is 2.69. The van der Waals surface area contributed by atoms with Crippen LogP contribution in [0.5, 0.6) is 0 Å². The number of hydrogen-bond donors (Lipinski definition) is 1. The molecule has 1 fully saturated rings. The highest BCUT2D eigenvalue weighted by atomic mass is 16.6. The van der Waals surface area contributed by atoms with Gasteiger partial charge in [-0.2, -0.15) is 0 Å². The summed E-state index contributed by atoms with van der Waals surface area (Å²) in [7, 11) is 1.49. The lowest BCUT2D eigenvalue weighted by Crippen LogP contribution is -2.56.